The fourth-order valence-corrected chi connectivity index (χ4v) is 3.47. The van der Waals surface area contributed by atoms with Crippen LogP contribution in [0.1, 0.15) is 35.7 Å². The van der Waals surface area contributed by atoms with Crippen LogP contribution in [0, 0.1) is 0 Å². The number of hydrogen-bond acceptors (Lipinski definition) is 7. The second-order valence-electron chi connectivity index (χ2n) is 7.55. The highest BCUT2D eigenvalue weighted by Crippen LogP contribution is 2.30. The Bertz CT molecular complexity index is 1170. The standard InChI is InChI=1S/C21H24N4O4S/c1-14(26)16-10-17(12-18(11-16)25(3)30(4,27)28)19-23-24-20(29-19)21(2,22)13-15-8-6-5-7-9-15/h5-12H,13,22H2,1-4H3/t21-/m1/s1. The molecule has 0 aliphatic rings. The minimum Gasteiger partial charge on any atom is -0.419 e. The van der Waals surface area contributed by atoms with Gasteiger partial charge in [0.25, 0.3) is 0 Å². The number of nitrogens with two attached hydrogens (primary N) is 1. The Morgan fingerprint density at radius 2 is 1.83 bits per heavy atom. The van der Waals surface area contributed by atoms with Crippen molar-refractivity contribution in [1.82, 2.24) is 10.2 Å². The van der Waals surface area contributed by atoms with Gasteiger partial charge in [-0.2, -0.15) is 0 Å². The molecule has 0 amide bonds. The summed E-state index contributed by atoms with van der Waals surface area (Å²) < 4.78 is 30.8. The number of ketones is 1. The highest BCUT2D eigenvalue weighted by Gasteiger charge is 2.29. The molecule has 0 spiro atoms. The number of sulfonamides is 1. The summed E-state index contributed by atoms with van der Waals surface area (Å²) in [5.41, 5.74) is 7.64. The molecule has 0 aliphatic carbocycles. The lowest BCUT2D eigenvalue weighted by Crippen LogP contribution is -2.35. The van der Waals surface area contributed by atoms with Crippen LogP contribution < -0.4 is 10.0 Å². The summed E-state index contributed by atoms with van der Waals surface area (Å²) >= 11 is 0. The third kappa shape index (κ3) is 4.74. The Morgan fingerprint density at radius 1 is 1.17 bits per heavy atom. The van der Waals surface area contributed by atoms with Crippen LogP contribution in [0.5, 0.6) is 0 Å². The van der Waals surface area contributed by atoms with E-state index in [2.05, 4.69) is 10.2 Å². The van der Waals surface area contributed by atoms with Crippen molar-refractivity contribution in [2.24, 2.45) is 5.73 Å². The Morgan fingerprint density at radius 3 is 2.43 bits per heavy atom. The Hall–Kier alpha value is -3.04. The molecule has 2 N–H and O–H groups in total. The Labute approximate surface area is 175 Å². The lowest BCUT2D eigenvalue weighted by Gasteiger charge is -2.20. The molecule has 0 aliphatic heterocycles. The van der Waals surface area contributed by atoms with E-state index in [0.717, 1.165) is 16.1 Å². The Kier molecular flexibility index (Phi) is 5.78. The van der Waals surface area contributed by atoms with Crippen molar-refractivity contribution in [3.63, 3.8) is 0 Å². The van der Waals surface area contributed by atoms with Gasteiger partial charge in [0.1, 0.15) is 0 Å². The molecule has 1 heterocycles. The quantitative estimate of drug-likeness (QED) is 0.575. The van der Waals surface area contributed by atoms with Crippen molar-refractivity contribution in [2.75, 3.05) is 17.6 Å². The van der Waals surface area contributed by atoms with E-state index in [0.29, 0.717) is 23.2 Å². The third-order valence-corrected chi connectivity index (χ3v) is 5.97. The number of rotatable bonds is 7. The molecule has 0 unspecified atom stereocenters. The zero-order chi connectivity index (χ0) is 22.1. The van der Waals surface area contributed by atoms with Gasteiger partial charge < -0.3 is 10.2 Å². The van der Waals surface area contributed by atoms with Gasteiger partial charge in [-0.3, -0.25) is 9.10 Å². The van der Waals surface area contributed by atoms with Gasteiger partial charge in [-0.15, -0.1) is 10.2 Å². The average Bonchev–Trinajstić information content (AvgIpc) is 3.18. The SMILES string of the molecule is CC(=O)c1cc(-c2nnc([C@](C)(N)Cc3ccccc3)o2)cc(N(C)S(C)(=O)=O)c1. The van der Waals surface area contributed by atoms with Crippen molar-refractivity contribution in [3.8, 4) is 11.5 Å². The van der Waals surface area contributed by atoms with Crippen LogP contribution >= 0.6 is 0 Å². The Balaban J connectivity index is 1.99. The van der Waals surface area contributed by atoms with E-state index in [-0.39, 0.29) is 17.6 Å². The summed E-state index contributed by atoms with van der Waals surface area (Å²) in [6, 6.07) is 14.4. The number of benzene rings is 2. The average molecular weight is 429 g/mol. The predicted molar refractivity (Wildman–Crippen MR) is 115 cm³/mol. The van der Waals surface area contributed by atoms with Crippen LogP contribution in [0.4, 0.5) is 5.69 Å². The smallest absolute Gasteiger partial charge is 0.247 e. The number of Topliss-reactive ketones (excluding diaryl/α,β-unsaturated/α-hetero) is 1. The van der Waals surface area contributed by atoms with Gasteiger partial charge in [0.05, 0.1) is 17.5 Å². The van der Waals surface area contributed by atoms with Crippen molar-refractivity contribution in [3.05, 3.63) is 65.5 Å². The fourth-order valence-electron chi connectivity index (χ4n) is 2.98. The molecule has 0 fully saturated rings. The molecule has 0 radical (unpaired) electrons. The molecule has 3 rings (SSSR count). The summed E-state index contributed by atoms with van der Waals surface area (Å²) in [6.45, 7) is 3.20. The topological polar surface area (TPSA) is 119 Å². The van der Waals surface area contributed by atoms with E-state index in [4.69, 9.17) is 10.2 Å². The van der Waals surface area contributed by atoms with Crippen LogP contribution in [0.15, 0.2) is 52.9 Å². The largest absolute Gasteiger partial charge is 0.419 e. The van der Waals surface area contributed by atoms with E-state index in [1.54, 1.807) is 19.1 Å². The minimum atomic E-state index is -3.51. The van der Waals surface area contributed by atoms with Gasteiger partial charge in [-0.1, -0.05) is 30.3 Å². The number of nitrogens with zero attached hydrogens (tertiary/aromatic N) is 3. The fraction of sp³-hybridized carbons (Fsp3) is 0.286. The van der Waals surface area contributed by atoms with Crippen LogP contribution in [0.2, 0.25) is 0 Å². The zero-order valence-electron chi connectivity index (χ0n) is 17.3. The third-order valence-electron chi connectivity index (χ3n) is 4.76. The molecule has 2 aromatic carbocycles. The van der Waals surface area contributed by atoms with Crippen molar-refractivity contribution in [1.29, 1.82) is 0 Å². The summed E-state index contributed by atoms with van der Waals surface area (Å²) in [4.78, 5) is 12.0. The molecule has 158 valence electrons. The minimum absolute atomic E-state index is 0.154. The van der Waals surface area contributed by atoms with E-state index in [1.807, 2.05) is 30.3 Å². The number of carbonyl (C=O) groups excluding carboxylic acids is 1. The number of anilines is 1. The lowest BCUT2D eigenvalue weighted by atomic mass is 9.94. The van der Waals surface area contributed by atoms with E-state index in [9.17, 15) is 13.2 Å². The van der Waals surface area contributed by atoms with E-state index >= 15 is 0 Å². The van der Waals surface area contributed by atoms with Crippen molar-refractivity contribution in [2.45, 2.75) is 25.8 Å². The maximum Gasteiger partial charge on any atom is 0.247 e. The van der Waals surface area contributed by atoms with Gasteiger partial charge in [0.2, 0.25) is 21.8 Å². The van der Waals surface area contributed by atoms with Gasteiger partial charge >= 0.3 is 0 Å². The summed E-state index contributed by atoms with van der Waals surface area (Å²) in [7, 11) is -2.10. The molecule has 0 bridgehead atoms. The molecule has 8 nitrogen and oxygen atoms in total. The number of carbonyl (C=O) groups is 1. The maximum atomic E-state index is 12.0. The summed E-state index contributed by atoms with van der Waals surface area (Å²) in [5, 5.41) is 8.18. The second-order valence-corrected chi connectivity index (χ2v) is 9.56. The predicted octanol–water partition coefficient (Wildman–Crippen LogP) is 2.75. The molecule has 3 aromatic rings. The van der Waals surface area contributed by atoms with Crippen LogP contribution in [-0.2, 0) is 22.0 Å². The molecule has 1 atom stereocenters. The van der Waals surface area contributed by atoms with Gasteiger partial charge in [-0.25, -0.2) is 8.42 Å². The molecular formula is C21H24N4O4S. The normalized spacial score (nSPS) is 13.6. The highest BCUT2D eigenvalue weighted by atomic mass is 32.2. The molecule has 1 aromatic heterocycles. The first-order valence-electron chi connectivity index (χ1n) is 9.24. The van der Waals surface area contributed by atoms with Crippen molar-refractivity contribution < 1.29 is 17.6 Å². The van der Waals surface area contributed by atoms with Gasteiger partial charge in [0, 0.05) is 18.2 Å². The van der Waals surface area contributed by atoms with Gasteiger partial charge in [0.15, 0.2) is 5.78 Å². The van der Waals surface area contributed by atoms with Crippen LogP contribution in [-0.4, -0.2) is 37.7 Å². The first-order valence-corrected chi connectivity index (χ1v) is 11.1. The summed E-state index contributed by atoms with van der Waals surface area (Å²) in [5.74, 6) is 0.182. The first-order chi connectivity index (χ1) is 14.0. The van der Waals surface area contributed by atoms with Crippen LogP contribution in [0.25, 0.3) is 11.5 Å². The molecule has 0 saturated heterocycles. The molecule has 9 heteroatoms. The molecular weight excluding hydrogens is 404 g/mol. The first kappa shape index (κ1) is 21.7. The zero-order valence-corrected chi connectivity index (χ0v) is 18.1. The lowest BCUT2D eigenvalue weighted by molar-refractivity contribution is 0.101. The highest BCUT2D eigenvalue weighted by molar-refractivity contribution is 7.92. The van der Waals surface area contributed by atoms with Gasteiger partial charge in [-0.05, 0) is 44.0 Å². The molecule has 30 heavy (non-hydrogen) atoms. The van der Waals surface area contributed by atoms with E-state index < -0.39 is 15.6 Å². The molecule has 0 saturated carbocycles. The number of hydrogen-bond donors (Lipinski definition) is 1. The maximum absolute atomic E-state index is 12.0. The monoisotopic (exact) mass is 428 g/mol. The van der Waals surface area contributed by atoms with E-state index in [1.165, 1.54) is 20.0 Å². The second kappa shape index (κ2) is 8.00. The van der Waals surface area contributed by atoms with Crippen molar-refractivity contribution >= 4 is 21.5 Å². The van der Waals surface area contributed by atoms with Crippen LogP contribution in [0.3, 0.4) is 0 Å². The number of aromatic nitrogens is 2. The summed E-state index contributed by atoms with van der Waals surface area (Å²) in [6.07, 6.45) is 1.58.